The van der Waals surface area contributed by atoms with Gasteiger partial charge in [-0.3, -0.25) is 0 Å². The number of methoxy groups -OCH3 is 2. The topological polar surface area (TPSA) is 84.1 Å². The van der Waals surface area contributed by atoms with Gasteiger partial charge >= 0.3 is 0 Å². The maximum Gasteiger partial charge on any atom is 0.127 e. The van der Waals surface area contributed by atoms with Gasteiger partial charge in [-0.05, 0) is 24.6 Å². The number of nitrogens with zero attached hydrogens (tertiary/aromatic N) is 1. The summed E-state index contributed by atoms with van der Waals surface area (Å²) in [5, 5.41) is 9.17. The number of aromatic amines is 1. The monoisotopic (exact) mass is 257 g/mol. The van der Waals surface area contributed by atoms with E-state index in [0.717, 1.165) is 16.9 Å². The van der Waals surface area contributed by atoms with Gasteiger partial charge in [-0.25, -0.2) is 0 Å². The second-order valence-electron chi connectivity index (χ2n) is 4.12. The van der Waals surface area contributed by atoms with Gasteiger partial charge in [0.15, 0.2) is 0 Å². The minimum absolute atomic E-state index is 0.346. The summed E-state index contributed by atoms with van der Waals surface area (Å²) in [6, 6.07) is 5.81. The molecule has 0 aliphatic rings. The highest BCUT2D eigenvalue weighted by atomic mass is 16.5. The van der Waals surface area contributed by atoms with Crippen molar-refractivity contribution in [1.82, 2.24) is 4.98 Å². The Morgan fingerprint density at radius 1 is 1.16 bits per heavy atom. The van der Waals surface area contributed by atoms with Crippen LogP contribution in [0.3, 0.4) is 0 Å². The first-order valence-electron chi connectivity index (χ1n) is 5.72. The fourth-order valence-corrected chi connectivity index (χ4v) is 2.03. The predicted octanol–water partition coefficient (Wildman–Crippen LogP) is 2.46. The number of aromatic nitrogens is 1. The van der Waals surface area contributed by atoms with Crippen molar-refractivity contribution in [3.63, 3.8) is 0 Å². The second kappa shape index (κ2) is 4.94. The normalized spacial score (nSPS) is 10.0. The number of nitrogens with one attached hydrogen (secondary N) is 1. The summed E-state index contributed by atoms with van der Waals surface area (Å²) in [6.45, 7) is 1.93. The predicted molar refractivity (Wildman–Crippen MR) is 73.2 cm³/mol. The Balaban J connectivity index is 2.70. The van der Waals surface area contributed by atoms with Crippen LogP contribution in [0.2, 0.25) is 0 Å². The molecule has 0 amide bonds. The molecule has 3 N–H and O–H groups in total. The third-order valence-corrected chi connectivity index (χ3v) is 3.03. The molecule has 2 aromatic rings. The molecule has 0 fully saturated rings. The van der Waals surface area contributed by atoms with E-state index in [2.05, 4.69) is 11.1 Å². The number of aryl methyl sites for hydroxylation is 1. The quantitative estimate of drug-likeness (QED) is 0.884. The third-order valence-electron chi connectivity index (χ3n) is 3.03. The number of anilines is 1. The van der Waals surface area contributed by atoms with Crippen LogP contribution in [0.1, 0.15) is 11.1 Å². The van der Waals surface area contributed by atoms with E-state index in [1.54, 1.807) is 20.4 Å². The van der Waals surface area contributed by atoms with Crippen molar-refractivity contribution in [2.24, 2.45) is 0 Å². The standard InChI is InChI=1S/C14H15N3O2/c1-8-4-13(19-3)9(5-12(8)18-2)11-7-17-14(16)10(11)6-15/h4-5,7,17H,16H2,1-3H3. The zero-order chi connectivity index (χ0) is 14.0. The summed E-state index contributed by atoms with van der Waals surface area (Å²) in [4.78, 5) is 2.85. The third kappa shape index (κ3) is 2.08. The minimum Gasteiger partial charge on any atom is -0.496 e. The number of nitrogens with two attached hydrogens (primary N) is 1. The SMILES string of the molecule is COc1cc(-c2c[nH]c(N)c2C#N)c(OC)cc1C. The molecule has 0 bridgehead atoms. The van der Waals surface area contributed by atoms with Gasteiger partial charge in [-0.15, -0.1) is 0 Å². The molecule has 0 aliphatic carbocycles. The van der Waals surface area contributed by atoms with Crippen LogP contribution in [0.25, 0.3) is 11.1 Å². The van der Waals surface area contributed by atoms with E-state index in [1.807, 2.05) is 19.1 Å². The molecule has 0 aliphatic heterocycles. The zero-order valence-electron chi connectivity index (χ0n) is 11.1. The van der Waals surface area contributed by atoms with Crippen LogP contribution in [0.15, 0.2) is 18.3 Å². The Bertz CT molecular complexity index is 653. The van der Waals surface area contributed by atoms with Crippen molar-refractivity contribution < 1.29 is 9.47 Å². The highest BCUT2D eigenvalue weighted by Gasteiger charge is 2.16. The summed E-state index contributed by atoms with van der Waals surface area (Å²) < 4.78 is 10.7. The van der Waals surface area contributed by atoms with Crippen LogP contribution in [0.5, 0.6) is 11.5 Å². The Labute approximate surface area is 111 Å². The van der Waals surface area contributed by atoms with Crippen molar-refractivity contribution >= 4 is 5.82 Å². The molecule has 5 heteroatoms. The highest BCUT2D eigenvalue weighted by Crippen LogP contribution is 2.38. The molecule has 0 saturated carbocycles. The zero-order valence-corrected chi connectivity index (χ0v) is 11.1. The Hall–Kier alpha value is -2.61. The van der Waals surface area contributed by atoms with E-state index in [9.17, 15) is 5.26 Å². The van der Waals surface area contributed by atoms with Crippen LogP contribution in [-0.4, -0.2) is 19.2 Å². The van der Waals surface area contributed by atoms with E-state index in [4.69, 9.17) is 15.2 Å². The van der Waals surface area contributed by atoms with Crippen LogP contribution in [0, 0.1) is 18.3 Å². The average molecular weight is 257 g/mol. The fourth-order valence-electron chi connectivity index (χ4n) is 2.03. The largest absolute Gasteiger partial charge is 0.496 e. The second-order valence-corrected chi connectivity index (χ2v) is 4.12. The van der Waals surface area contributed by atoms with Crippen molar-refractivity contribution in [2.45, 2.75) is 6.92 Å². The molecule has 5 nitrogen and oxygen atoms in total. The first-order valence-corrected chi connectivity index (χ1v) is 5.72. The van der Waals surface area contributed by atoms with Gasteiger partial charge in [-0.1, -0.05) is 0 Å². The average Bonchev–Trinajstić information content (AvgIpc) is 2.79. The molecule has 1 aromatic carbocycles. The number of benzene rings is 1. The number of nitrogen functional groups attached to an aromatic ring is 1. The summed E-state index contributed by atoms with van der Waals surface area (Å²) in [7, 11) is 3.20. The first-order chi connectivity index (χ1) is 9.12. The molecule has 0 saturated heterocycles. The van der Waals surface area contributed by atoms with Gasteiger partial charge in [0.1, 0.15) is 28.9 Å². The number of hydrogen-bond donors (Lipinski definition) is 2. The van der Waals surface area contributed by atoms with E-state index in [-0.39, 0.29) is 0 Å². The molecule has 98 valence electrons. The van der Waals surface area contributed by atoms with Crippen molar-refractivity contribution in [2.75, 3.05) is 20.0 Å². The Kier molecular flexibility index (Phi) is 3.34. The molecule has 1 heterocycles. The van der Waals surface area contributed by atoms with Crippen LogP contribution in [-0.2, 0) is 0 Å². The van der Waals surface area contributed by atoms with Gasteiger partial charge in [0, 0.05) is 17.3 Å². The first kappa shape index (κ1) is 12.8. The van der Waals surface area contributed by atoms with Crippen molar-refractivity contribution in [1.29, 1.82) is 5.26 Å². The molecule has 0 radical (unpaired) electrons. The molecular weight excluding hydrogens is 242 g/mol. The summed E-state index contributed by atoms with van der Waals surface area (Å²) in [6.07, 6.45) is 1.69. The Morgan fingerprint density at radius 3 is 2.42 bits per heavy atom. The molecular formula is C14H15N3O2. The van der Waals surface area contributed by atoms with Crippen LogP contribution >= 0.6 is 0 Å². The van der Waals surface area contributed by atoms with Gasteiger partial charge < -0.3 is 20.2 Å². The lowest BCUT2D eigenvalue weighted by Gasteiger charge is -2.12. The molecule has 0 spiro atoms. The number of H-pyrrole nitrogens is 1. The van der Waals surface area contributed by atoms with Crippen LogP contribution < -0.4 is 15.2 Å². The molecule has 1 aromatic heterocycles. The van der Waals surface area contributed by atoms with Gasteiger partial charge in [0.25, 0.3) is 0 Å². The fraction of sp³-hybridized carbons (Fsp3) is 0.214. The van der Waals surface area contributed by atoms with Gasteiger partial charge in [-0.2, -0.15) is 5.26 Å². The molecule has 0 unspecified atom stereocenters. The number of ether oxygens (including phenoxy) is 2. The maximum absolute atomic E-state index is 9.17. The highest BCUT2D eigenvalue weighted by molar-refractivity contribution is 5.81. The number of rotatable bonds is 3. The number of hydrogen-bond acceptors (Lipinski definition) is 4. The lowest BCUT2D eigenvalue weighted by Crippen LogP contribution is -1.94. The van der Waals surface area contributed by atoms with Crippen LogP contribution in [0.4, 0.5) is 5.82 Å². The van der Waals surface area contributed by atoms with Crippen molar-refractivity contribution in [3.8, 4) is 28.7 Å². The van der Waals surface area contributed by atoms with Crippen molar-refractivity contribution in [3.05, 3.63) is 29.5 Å². The van der Waals surface area contributed by atoms with E-state index in [1.165, 1.54) is 0 Å². The summed E-state index contributed by atoms with van der Waals surface area (Å²) >= 11 is 0. The van der Waals surface area contributed by atoms with E-state index >= 15 is 0 Å². The van der Waals surface area contributed by atoms with E-state index in [0.29, 0.717) is 22.7 Å². The van der Waals surface area contributed by atoms with Gasteiger partial charge in [0.2, 0.25) is 0 Å². The van der Waals surface area contributed by atoms with Gasteiger partial charge in [0.05, 0.1) is 14.2 Å². The Morgan fingerprint density at radius 2 is 1.84 bits per heavy atom. The molecule has 0 atom stereocenters. The lowest BCUT2D eigenvalue weighted by atomic mass is 10.0. The summed E-state index contributed by atoms with van der Waals surface area (Å²) in [5.74, 6) is 1.76. The molecule has 19 heavy (non-hydrogen) atoms. The maximum atomic E-state index is 9.17. The lowest BCUT2D eigenvalue weighted by molar-refractivity contribution is 0.402. The number of nitriles is 1. The van der Waals surface area contributed by atoms with E-state index < -0.39 is 0 Å². The smallest absolute Gasteiger partial charge is 0.127 e. The minimum atomic E-state index is 0.346. The molecule has 2 rings (SSSR count). The summed E-state index contributed by atoms with van der Waals surface area (Å²) in [5.41, 5.74) is 8.58.